The van der Waals surface area contributed by atoms with Crippen LogP contribution >= 0.6 is 31.9 Å². The van der Waals surface area contributed by atoms with Gasteiger partial charge in [0, 0.05) is 11.1 Å². The molecule has 6 heteroatoms. The third-order valence-corrected chi connectivity index (χ3v) is 5.95. The molecule has 0 saturated carbocycles. The van der Waals surface area contributed by atoms with Crippen LogP contribution in [0.3, 0.4) is 0 Å². The van der Waals surface area contributed by atoms with Crippen LogP contribution in [0.1, 0.15) is 37.4 Å². The maximum absolute atomic E-state index is 13.1. The highest BCUT2D eigenvalue weighted by molar-refractivity contribution is 9.13. The standard InChI is InChI=1S/C17H12Br2O4/c1-7-5-4-6-8-9(7)15(21)11-10(14(8)20)16(22-2)12(18)13(19)17(11)23-3/h4-6H,1-3H3. The van der Waals surface area contributed by atoms with Gasteiger partial charge >= 0.3 is 0 Å². The van der Waals surface area contributed by atoms with Crippen LogP contribution in [0.25, 0.3) is 0 Å². The lowest BCUT2D eigenvalue weighted by Crippen LogP contribution is -2.24. The molecule has 1 aliphatic rings. The number of ether oxygens (including phenoxy) is 2. The van der Waals surface area contributed by atoms with Gasteiger partial charge in [0.05, 0.1) is 34.3 Å². The van der Waals surface area contributed by atoms with Gasteiger partial charge in [0.15, 0.2) is 11.6 Å². The molecule has 0 N–H and O–H groups in total. The molecule has 4 nitrogen and oxygen atoms in total. The molecule has 0 spiro atoms. The quantitative estimate of drug-likeness (QED) is 0.596. The van der Waals surface area contributed by atoms with E-state index >= 15 is 0 Å². The molecule has 0 aliphatic heterocycles. The first kappa shape index (κ1) is 16.2. The number of rotatable bonds is 2. The monoisotopic (exact) mass is 438 g/mol. The number of ketones is 2. The van der Waals surface area contributed by atoms with Gasteiger partial charge in [0.25, 0.3) is 0 Å². The first-order chi connectivity index (χ1) is 10.9. The molecular formula is C17H12Br2O4. The lowest BCUT2D eigenvalue weighted by molar-refractivity contribution is 0.0973. The Balaban J connectivity index is 2.48. The fourth-order valence-corrected chi connectivity index (χ4v) is 3.96. The summed E-state index contributed by atoms with van der Waals surface area (Å²) < 4.78 is 11.8. The summed E-state index contributed by atoms with van der Waals surface area (Å²) in [4.78, 5) is 26.1. The van der Waals surface area contributed by atoms with Crippen LogP contribution < -0.4 is 9.47 Å². The van der Waals surface area contributed by atoms with Gasteiger partial charge in [-0.3, -0.25) is 9.59 Å². The van der Waals surface area contributed by atoms with E-state index in [-0.39, 0.29) is 22.7 Å². The third kappa shape index (κ3) is 2.16. The van der Waals surface area contributed by atoms with Crippen LogP contribution in [0.5, 0.6) is 11.5 Å². The summed E-state index contributed by atoms with van der Waals surface area (Å²) in [5, 5.41) is 0. The average Bonchev–Trinajstić information content (AvgIpc) is 2.54. The van der Waals surface area contributed by atoms with E-state index in [1.54, 1.807) is 12.1 Å². The van der Waals surface area contributed by atoms with Crippen molar-refractivity contribution >= 4 is 43.4 Å². The van der Waals surface area contributed by atoms with Crippen LogP contribution in [-0.4, -0.2) is 25.8 Å². The SMILES string of the molecule is COc1c(Br)c(Br)c(OC)c2c1C(=O)c1cccc(C)c1C2=O. The molecule has 1 aliphatic carbocycles. The zero-order valence-corrected chi connectivity index (χ0v) is 15.8. The van der Waals surface area contributed by atoms with Crippen LogP contribution in [0.4, 0.5) is 0 Å². The Morgan fingerprint density at radius 1 is 0.826 bits per heavy atom. The Kier molecular flexibility index (Phi) is 4.06. The van der Waals surface area contributed by atoms with Gasteiger partial charge in [0.1, 0.15) is 11.5 Å². The molecule has 0 heterocycles. The molecular weight excluding hydrogens is 428 g/mol. The predicted molar refractivity (Wildman–Crippen MR) is 93.0 cm³/mol. The number of carbonyl (C=O) groups is 2. The Hall–Kier alpha value is -1.66. The topological polar surface area (TPSA) is 52.6 Å². The number of halogens is 2. The minimum atomic E-state index is -0.248. The third-order valence-electron chi connectivity index (χ3n) is 3.90. The minimum absolute atomic E-state index is 0.225. The van der Waals surface area contributed by atoms with E-state index in [9.17, 15) is 9.59 Å². The van der Waals surface area contributed by atoms with Gasteiger partial charge in [0.2, 0.25) is 0 Å². The number of aryl methyl sites for hydroxylation is 1. The smallest absolute Gasteiger partial charge is 0.198 e. The molecule has 0 saturated heterocycles. The first-order valence-electron chi connectivity index (χ1n) is 6.75. The highest BCUT2D eigenvalue weighted by Crippen LogP contribution is 2.48. The van der Waals surface area contributed by atoms with E-state index in [2.05, 4.69) is 31.9 Å². The van der Waals surface area contributed by atoms with Crippen molar-refractivity contribution in [3.8, 4) is 11.5 Å². The summed E-state index contributed by atoms with van der Waals surface area (Å²) in [5.41, 5.74) is 2.01. The van der Waals surface area contributed by atoms with E-state index in [0.29, 0.717) is 31.6 Å². The van der Waals surface area contributed by atoms with Crippen molar-refractivity contribution in [2.45, 2.75) is 6.92 Å². The van der Waals surface area contributed by atoms with Crippen molar-refractivity contribution in [1.29, 1.82) is 0 Å². The highest BCUT2D eigenvalue weighted by atomic mass is 79.9. The minimum Gasteiger partial charge on any atom is -0.495 e. The van der Waals surface area contributed by atoms with Gasteiger partial charge in [-0.15, -0.1) is 0 Å². The van der Waals surface area contributed by atoms with Crippen molar-refractivity contribution in [3.05, 3.63) is 55.0 Å². The molecule has 118 valence electrons. The second-order valence-electron chi connectivity index (χ2n) is 5.10. The second-order valence-corrected chi connectivity index (χ2v) is 6.69. The Bertz CT molecular complexity index is 872. The maximum Gasteiger partial charge on any atom is 0.198 e. The fraction of sp³-hybridized carbons (Fsp3) is 0.176. The van der Waals surface area contributed by atoms with Gasteiger partial charge in [-0.05, 0) is 44.3 Å². The molecule has 0 atom stereocenters. The fourth-order valence-electron chi connectivity index (χ4n) is 2.88. The lowest BCUT2D eigenvalue weighted by atomic mass is 9.81. The number of hydrogen-bond acceptors (Lipinski definition) is 4. The van der Waals surface area contributed by atoms with E-state index in [1.165, 1.54) is 14.2 Å². The summed E-state index contributed by atoms with van der Waals surface area (Å²) in [5.74, 6) is 0.149. The Labute approximate surface area is 150 Å². The molecule has 0 amide bonds. The predicted octanol–water partition coefficient (Wildman–Crippen LogP) is 4.31. The average molecular weight is 440 g/mol. The largest absolute Gasteiger partial charge is 0.495 e. The van der Waals surface area contributed by atoms with Gasteiger partial charge < -0.3 is 9.47 Å². The molecule has 0 radical (unpaired) electrons. The lowest BCUT2D eigenvalue weighted by Gasteiger charge is -2.24. The number of fused-ring (bicyclic) bond motifs is 2. The Morgan fingerprint density at radius 3 is 1.87 bits per heavy atom. The van der Waals surface area contributed by atoms with Crippen molar-refractivity contribution in [2.24, 2.45) is 0 Å². The zero-order chi connectivity index (χ0) is 16.9. The summed E-state index contributed by atoms with van der Waals surface area (Å²) in [7, 11) is 2.92. The molecule has 23 heavy (non-hydrogen) atoms. The molecule has 0 fully saturated rings. The molecule has 2 aromatic carbocycles. The van der Waals surface area contributed by atoms with E-state index < -0.39 is 0 Å². The van der Waals surface area contributed by atoms with Crippen molar-refractivity contribution in [2.75, 3.05) is 14.2 Å². The maximum atomic E-state index is 13.1. The van der Waals surface area contributed by atoms with Gasteiger partial charge in [-0.25, -0.2) is 0 Å². The van der Waals surface area contributed by atoms with E-state index in [4.69, 9.17) is 9.47 Å². The summed E-state index contributed by atoms with van der Waals surface area (Å²) >= 11 is 6.80. The van der Waals surface area contributed by atoms with Crippen LogP contribution in [0.15, 0.2) is 27.1 Å². The zero-order valence-electron chi connectivity index (χ0n) is 12.6. The number of methoxy groups -OCH3 is 2. The van der Waals surface area contributed by atoms with Gasteiger partial charge in [-0.2, -0.15) is 0 Å². The van der Waals surface area contributed by atoms with E-state index in [0.717, 1.165) is 5.56 Å². The van der Waals surface area contributed by atoms with Gasteiger partial charge in [-0.1, -0.05) is 18.2 Å². The second kappa shape index (κ2) is 5.76. The normalized spacial score (nSPS) is 12.7. The van der Waals surface area contributed by atoms with Crippen LogP contribution in [0.2, 0.25) is 0 Å². The van der Waals surface area contributed by atoms with Crippen molar-refractivity contribution < 1.29 is 19.1 Å². The number of carbonyl (C=O) groups excluding carboxylic acids is 2. The first-order valence-corrected chi connectivity index (χ1v) is 8.34. The molecule has 3 rings (SSSR count). The summed E-state index contributed by atoms with van der Waals surface area (Å²) in [6, 6.07) is 5.24. The van der Waals surface area contributed by atoms with E-state index in [1.807, 2.05) is 13.0 Å². The number of benzene rings is 2. The summed E-state index contributed by atoms with van der Waals surface area (Å²) in [6.45, 7) is 1.81. The molecule has 0 bridgehead atoms. The van der Waals surface area contributed by atoms with Crippen LogP contribution in [-0.2, 0) is 0 Å². The molecule has 0 unspecified atom stereocenters. The number of hydrogen-bond donors (Lipinski definition) is 0. The molecule has 2 aromatic rings. The molecule has 0 aromatic heterocycles. The van der Waals surface area contributed by atoms with Crippen molar-refractivity contribution in [1.82, 2.24) is 0 Å². The highest BCUT2D eigenvalue weighted by Gasteiger charge is 2.38. The van der Waals surface area contributed by atoms with Crippen LogP contribution in [0, 0.1) is 6.92 Å². The Morgan fingerprint density at radius 2 is 1.35 bits per heavy atom. The summed E-state index contributed by atoms with van der Waals surface area (Å²) in [6.07, 6.45) is 0. The van der Waals surface area contributed by atoms with Crippen molar-refractivity contribution in [3.63, 3.8) is 0 Å².